The second kappa shape index (κ2) is 9.34. The Hall–Kier alpha value is -2.14. The zero-order valence-corrected chi connectivity index (χ0v) is 18.9. The van der Waals surface area contributed by atoms with Crippen LogP contribution in [0.15, 0.2) is 59.5 Å². The number of hydrogen-bond acceptors (Lipinski definition) is 4. The minimum atomic E-state index is 0.206. The fourth-order valence-electron chi connectivity index (χ4n) is 4.16. The smallest absolute Gasteiger partial charge is 0.179 e. The van der Waals surface area contributed by atoms with E-state index in [-0.39, 0.29) is 5.92 Å². The van der Waals surface area contributed by atoms with Gasteiger partial charge in [-0.15, -0.1) is 12.6 Å². The van der Waals surface area contributed by atoms with Crippen LogP contribution in [0.2, 0.25) is 5.02 Å². The molecule has 1 atom stereocenters. The molecule has 0 aromatic heterocycles. The van der Waals surface area contributed by atoms with E-state index >= 15 is 0 Å². The maximum Gasteiger partial charge on any atom is 0.179 e. The summed E-state index contributed by atoms with van der Waals surface area (Å²) in [7, 11) is 3.28. The largest absolute Gasteiger partial charge is 0.493 e. The first kappa shape index (κ1) is 21.1. The van der Waals surface area contributed by atoms with Crippen LogP contribution >= 0.6 is 24.2 Å². The normalized spacial score (nSPS) is 15.9. The van der Waals surface area contributed by atoms with Crippen molar-refractivity contribution in [2.24, 2.45) is 0 Å². The average Bonchev–Trinajstić information content (AvgIpc) is 2.98. The lowest BCUT2D eigenvalue weighted by molar-refractivity contribution is 0.354. The maximum absolute atomic E-state index is 6.72. The van der Waals surface area contributed by atoms with Crippen molar-refractivity contribution in [1.29, 1.82) is 0 Å². The molecule has 5 heteroatoms. The summed E-state index contributed by atoms with van der Waals surface area (Å²) in [5.41, 5.74) is 6.19. The molecule has 3 aromatic rings. The average molecular weight is 440 g/mol. The summed E-state index contributed by atoms with van der Waals surface area (Å²) in [5.74, 6) is 1.50. The van der Waals surface area contributed by atoms with Crippen molar-refractivity contribution in [3.8, 4) is 11.5 Å². The standard InChI is InChI=1S/C25H26ClNO2S/c1-28-23-14-21-20(24(26)25(23)29-2)11-12-27-15-22(21)18-7-3-16(4-8-18)13-17-5-9-19(30)10-6-17/h3-10,14,22,27,30H,11-13,15H2,1-2H3. The summed E-state index contributed by atoms with van der Waals surface area (Å²) in [4.78, 5) is 0.986. The molecule has 1 heterocycles. The van der Waals surface area contributed by atoms with E-state index in [0.29, 0.717) is 16.5 Å². The van der Waals surface area contributed by atoms with Gasteiger partial charge in [-0.25, -0.2) is 0 Å². The van der Waals surface area contributed by atoms with Crippen molar-refractivity contribution in [2.75, 3.05) is 27.3 Å². The molecular formula is C25H26ClNO2S. The van der Waals surface area contributed by atoms with Gasteiger partial charge in [0.05, 0.1) is 19.2 Å². The molecule has 1 aliphatic rings. The van der Waals surface area contributed by atoms with E-state index < -0.39 is 0 Å². The van der Waals surface area contributed by atoms with Gasteiger partial charge in [0.2, 0.25) is 0 Å². The van der Waals surface area contributed by atoms with Gasteiger partial charge >= 0.3 is 0 Å². The lowest BCUT2D eigenvalue weighted by Gasteiger charge is -2.22. The molecular weight excluding hydrogens is 414 g/mol. The molecule has 0 spiro atoms. The third-order valence-electron chi connectivity index (χ3n) is 5.75. The first-order valence-electron chi connectivity index (χ1n) is 10.1. The number of ether oxygens (including phenoxy) is 2. The Balaban J connectivity index is 1.66. The van der Waals surface area contributed by atoms with E-state index in [2.05, 4.69) is 60.4 Å². The van der Waals surface area contributed by atoms with E-state index in [4.69, 9.17) is 21.1 Å². The summed E-state index contributed by atoms with van der Waals surface area (Å²) in [6.45, 7) is 1.75. The highest BCUT2D eigenvalue weighted by Crippen LogP contribution is 2.43. The lowest BCUT2D eigenvalue weighted by atomic mass is 9.87. The third kappa shape index (κ3) is 4.31. The quantitative estimate of drug-likeness (QED) is 0.513. The molecule has 1 aliphatic heterocycles. The van der Waals surface area contributed by atoms with Gasteiger partial charge < -0.3 is 14.8 Å². The minimum Gasteiger partial charge on any atom is -0.493 e. The Labute approximate surface area is 188 Å². The van der Waals surface area contributed by atoms with Gasteiger partial charge in [-0.3, -0.25) is 0 Å². The van der Waals surface area contributed by atoms with Crippen LogP contribution in [0.4, 0.5) is 0 Å². The maximum atomic E-state index is 6.72. The summed E-state index contributed by atoms with van der Waals surface area (Å²) >= 11 is 11.1. The van der Waals surface area contributed by atoms with Gasteiger partial charge in [-0.2, -0.15) is 0 Å². The SMILES string of the molecule is COc1cc2c(c(Cl)c1OC)CCNCC2c1ccc(Cc2ccc(S)cc2)cc1. The van der Waals surface area contributed by atoms with Crippen molar-refractivity contribution in [2.45, 2.75) is 23.7 Å². The number of rotatable bonds is 5. The predicted molar refractivity (Wildman–Crippen MR) is 126 cm³/mol. The van der Waals surface area contributed by atoms with Gasteiger partial charge in [-0.1, -0.05) is 48.0 Å². The molecule has 0 saturated carbocycles. The number of hydrogen-bond donors (Lipinski definition) is 2. The third-order valence-corrected chi connectivity index (χ3v) is 6.45. The first-order valence-corrected chi connectivity index (χ1v) is 10.9. The van der Waals surface area contributed by atoms with Gasteiger partial charge in [0.25, 0.3) is 0 Å². The topological polar surface area (TPSA) is 30.5 Å². The molecule has 0 saturated heterocycles. The Morgan fingerprint density at radius 2 is 1.67 bits per heavy atom. The van der Waals surface area contributed by atoms with Crippen molar-refractivity contribution >= 4 is 24.2 Å². The molecule has 156 valence electrons. The molecule has 0 amide bonds. The molecule has 3 aromatic carbocycles. The molecule has 0 aliphatic carbocycles. The van der Waals surface area contributed by atoms with Crippen molar-refractivity contribution in [3.63, 3.8) is 0 Å². The Bertz CT molecular complexity index is 1020. The second-order valence-corrected chi connectivity index (χ2v) is 8.48. The summed E-state index contributed by atoms with van der Waals surface area (Å²) in [5, 5.41) is 4.21. The van der Waals surface area contributed by atoms with Crippen LogP contribution in [0.3, 0.4) is 0 Å². The van der Waals surface area contributed by atoms with Gasteiger partial charge in [0.1, 0.15) is 0 Å². The molecule has 1 N–H and O–H groups in total. The van der Waals surface area contributed by atoms with Crippen LogP contribution < -0.4 is 14.8 Å². The Morgan fingerprint density at radius 1 is 1.00 bits per heavy atom. The summed E-state index contributed by atoms with van der Waals surface area (Å²) < 4.78 is 11.1. The highest BCUT2D eigenvalue weighted by atomic mass is 35.5. The first-order chi connectivity index (χ1) is 14.6. The van der Waals surface area contributed by atoms with Crippen molar-refractivity contribution in [1.82, 2.24) is 5.32 Å². The van der Waals surface area contributed by atoms with Crippen LogP contribution in [-0.2, 0) is 12.8 Å². The number of halogens is 1. The fourth-order valence-corrected chi connectivity index (χ4v) is 4.68. The van der Waals surface area contributed by atoms with E-state index in [1.165, 1.54) is 22.3 Å². The highest BCUT2D eigenvalue weighted by Gasteiger charge is 2.26. The molecule has 0 fully saturated rings. The predicted octanol–water partition coefficient (Wildman–Crippen LogP) is 5.51. The Kier molecular flexibility index (Phi) is 6.57. The zero-order chi connectivity index (χ0) is 21.1. The van der Waals surface area contributed by atoms with Crippen LogP contribution in [0.5, 0.6) is 11.5 Å². The van der Waals surface area contributed by atoms with Gasteiger partial charge in [0, 0.05) is 17.4 Å². The summed E-state index contributed by atoms with van der Waals surface area (Å²) in [6, 6.07) is 19.3. The Morgan fingerprint density at radius 3 is 2.30 bits per heavy atom. The number of fused-ring (bicyclic) bond motifs is 1. The molecule has 0 bridgehead atoms. The minimum absolute atomic E-state index is 0.206. The number of nitrogens with one attached hydrogen (secondary N) is 1. The molecule has 1 unspecified atom stereocenters. The van der Waals surface area contributed by atoms with Crippen LogP contribution in [-0.4, -0.2) is 27.3 Å². The molecule has 4 rings (SSSR count). The van der Waals surface area contributed by atoms with Gasteiger partial charge in [0.15, 0.2) is 11.5 Å². The number of benzene rings is 3. The highest BCUT2D eigenvalue weighted by molar-refractivity contribution is 7.80. The van der Waals surface area contributed by atoms with Crippen LogP contribution in [0.1, 0.15) is 33.7 Å². The molecule has 30 heavy (non-hydrogen) atoms. The van der Waals surface area contributed by atoms with Gasteiger partial charge in [-0.05, 0) is 65.4 Å². The van der Waals surface area contributed by atoms with E-state index in [1.54, 1.807) is 14.2 Å². The zero-order valence-electron chi connectivity index (χ0n) is 17.2. The molecule has 0 radical (unpaired) electrons. The van der Waals surface area contributed by atoms with E-state index in [9.17, 15) is 0 Å². The van der Waals surface area contributed by atoms with E-state index in [1.807, 2.05) is 12.1 Å². The van der Waals surface area contributed by atoms with Crippen LogP contribution in [0.25, 0.3) is 0 Å². The number of thiol groups is 1. The van der Waals surface area contributed by atoms with E-state index in [0.717, 1.165) is 36.4 Å². The van der Waals surface area contributed by atoms with Crippen molar-refractivity contribution < 1.29 is 9.47 Å². The summed E-state index contributed by atoms with van der Waals surface area (Å²) in [6.07, 6.45) is 1.77. The number of methoxy groups -OCH3 is 2. The lowest BCUT2D eigenvalue weighted by Crippen LogP contribution is -2.20. The fraction of sp³-hybridized carbons (Fsp3) is 0.280. The van der Waals surface area contributed by atoms with Crippen molar-refractivity contribution in [3.05, 3.63) is 87.4 Å². The van der Waals surface area contributed by atoms with Crippen LogP contribution in [0, 0.1) is 0 Å². The monoisotopic (exact) mass is 439 g/mol. The second-order valence-electron chi connectivity index (χ2n) is 7.59. The molecule has 3 nitrogen and oxygen atoms in total.